The second-order valence-corrected chi connectivity index (χ2v) is 8.36. The van der Waals surface area contributed by atoms with Gasteiger partial charge in [0.15, 0.2) is 0 Å². The molecule has 1 aliphatic rings. The lowest BCUT2D eigenvalue weighted by Gasteiger charge is -2.38. The van der Waals surface area contributed by atoms with E-state index in [0.717, 1.165) is 11.8 Å². The molecule has 1 fully saturated rings. The molecule has 0 aromatic heterocycles. The number of hydrogen-bond donors (Lipinski definition) is 0. The minimum absolute atomic E-state index is 0.189. The molecule has 0 bridgehead atoms. The van der Waals surface area contributed by atoms with Gasteiger partial charge in [0.1, 0.15) is 10.7 Å². The van der Waals surface area contributed by atoms with Crippen molar-refractivity contribution in [3.63, 3.8) is 0 Å². The van der Waals surface area contributed by atoms with Crippen LogP contribution >= 0.6 is 0 Å². The van der Waals surface area contributed by atoms with Crippen LogP contribution in [-0.2, 0) is 14.9 Å². The van der Waals surface area contributed by atoms with E-state index in [1.165, 1.54) is 38.4 Å². The largest absolute Gasteiger partial charge is 0.368 e. The highest BCUT2D eigenvalue weighted by Crippen LogP contribution is 2.32. The summed E-state index contributed by atoms with van der Waals surface area (Å²) in [6.45, 7) is 2.16. The summed E-state index contributed by atoms with van der Waals surface area (Å²) in [7, 11) is -1.65. The number of halogens is 1. The number of benzene rings is 2. The Morgan fingerprint density at radius 1 is 1.07 bits per heavy atom. The molecule has 156 valence electrons. The first-order valence-electron chi connectivity index (χ1n) is 8.81. The van der Waals surface area contributed by atoms with Crippen molar-refractivity contribution >= 4 is 27.1 Å². The molecule has 0 aliphatic carbocycles. The predicted octanol–water partition coefficient (Wildman–Crippen LogP) is 2.24. The third kappa shape index (κ3) is 4.31. The van der Waals surface area contributed by atoms with Crippen LogP contribution in [0.15, 0.2) is 47.4 Å². The Morgan fingerprint density at radius 2 is 1.66 bits per heavy atom. The van der Waals surface area contributed by atoms with E-state index in [1.807, 2.05) is 4.90 Å². The average molecular weight is 424 g/mol. The standard InChI is InChI=1S/C18H21FN4O5S/c1-20(28-2)29(26,27)18-13-16(23(24)25)7-8-17(18)22-11-9-21(10-12-22)15-5-3-14(19)4-6-15/h3-8,13H,9-12H2,1-2H3. The number of nitro groups is 1. The molecule has 0 spiro atoms. The Hall–Kier alpha value is -2.76. The molecule has 2 aromatic rings. The van der Waals surface area contributed by atoms with Crippen molar-refractivity contribution in [3.05, 3.63) is 58.4 Å². The zero-order valence-electron chi connectivity index (χ0n) is 16.0. The zero-order chi connectivity index (χ0) is 21.2. The van der Waals surface area contributed by atoms with Gasteiger partial charge in [0.2, 0.25) is 0 Å². The fourth-order valence-corrected chi connectivity index (χ4v) is 4.38. The maximum absolute atomic E-state index is 13.1. The second kappa shape index (κ2) is 8.31. The first kappa shape index (κ1) is 21.0. The normalized spacial score (nSPS) is 15.0. The Morgan fingerprint density at radius 3 is 2.21 bits per heavy atom. The topological polar surface area (TPSA) is 96.2 Å². The van der Waals surface area contributed by atoms with Crippen molar-refractivity contribution in [1.82, 2.24) is 4.47 Å². The van der Waals surface area contributed by atoms with Crippen molar-refractivity contribution in [2.24, 2.45) is 0 Å². The maximum atomic E-state index is 13.1. The summed E-state index contributed by atoms with van der Waals surface area (Å²) >= 11 is 0. The summed E-state index contributed by atoms with van der Waals surface area (Å²) in [4.78, 5) is 19.1. The van der Waals surface area contributed by atoms with Gasteiger partial charge in [0.25, 0.3) is 15.7 Å². The molecule has 1 saturated heterocycles. The van der Waals surface area contributed by atoms with Crippen LogP contribution in [0.2, 0.25) is 0 Å². The molecule has 0 N–H and O–H groups in total. The number of nitrogens with zero attached hydrogens (tertiary/aromatic N) is 4. The van der Waals surface area contributed by atoms with Gasteiger partial charge in [0.05, 0.1) is 17.7 Å². The molecule has 1 heterocycles. The van der Waals surface area contributed by atoms with Crippen LogP contribution < -0.4 is 9.80 Å². The number of piperazine rings is 1. The van der Waals surface area contributed by atoms with E-state index in [9.17, 15) is 22.9 Å². The van der Waals surface area contributed by atoms with E-state index < -0.39 is 14.9 Å². The molecule has 3 rings (SSSR count). The molecule has 11 heteroatoms. The van der Waals surface area contributed by atoms with E-state index in [4.69, 9.17) is 4.84 Å². The van der Waals surface area contributed by atoms with Crippen LogP contribution in [0.1, 0.15) is 0 Å². The second-order valence-electron chi connectivity index (χ2n) is 6.46. The van der Waals surface area contributed by atoms with Gasteiger partial charge in [-0.3, -0.25) is 15.0 Å². The Bertz CT molecular complexity index is 992. The van der Waals surface area contributed by atoms with Crippen molar-refractivity contribution in [2.75, 3.05) is 50.1 Å². The molecular weight excluding hydrogens is 403 g/mol. The van der Waals surface area contributed by atoms with E-state index in [2.05, 4.69) is 4.90 Å². The van der Waals surface area contributed by atoms with Crippen molar-refractivity contribution in [2.45, 2.75) is 4.90 Å². The maximum Gasteiger partial charge on any atom is 0.270 e. The minimum Gasteiger partial charge on any atom is -0.368 e. The van der Waals surface area contributed by atoms with Crippen LogP contribution in [0.4, 0.5) is 21.5 Å². The monoisotopic (exact) mass is 424 g/mol. The van der Waals surface area contributed by atoms with Crippen LogP contribution in [0, 0.1) is 15.9 Å². The molecule has 2 aromatic carbocycles. The highest BCUT2D eigenvalue weighted by Gasteiger charge is 2.30. The summed E-state index contributed by atoms with van der Waals surface area (Å²) in [6, 6.07) is 9.95. The number of anilines is 2. The quantitative estimate of drug-likeness (QED) is 0.518. The third-order valence-electron chi connectivity index (χ3n) is 4.84. The van der Waals surface area contributed by atoms with Crippen LogP contribution in [0.5, 0.6) is 0 Å². The van der Waals surface area contributed by atoms with Gasteiger partial charge in [-0.2, -0.15) is 0 Å². The SMILES string of the molecule is CON(C)S(=O)(=O)c1cc([N+](=O)[O-])ccc1N1CCN(c2ccc(F)cc2)CC1. The Kier molecular flexibility index (Phi) is 6.01. The van der Waals surface area contributed by atoms with Gasteiger partial charge in [-0.1, -0.05) is 4.47 Å². The molecule has 0 unspecified atom stereocenters. The van der Waals surface area contributed by atoms with Gasteiger partial charge in [-0.25, -0.2) is 12.8 Å². The lowest BCUT2D eigenvalue weighted by Crippen LogP contribution is -2.47. The van der Waals surface area contributed by atoms with Crippen molar-refractivity contribution < 1.29 is 22.6 Å². The van der Waals surface area contributed by atoms with Crippen molar-refractivity contribution in [1.29, 1.82) is 0 Å². The molecule has 9 nitrogen and oxygen atoms in total. The van der Waals surface area contributed by atoms with Crippen molar-refractivity contribution in [3.8, 4) is 0 Å². The van der Waals surface area contributed by atoms with Gasteiger partial charge >= 0.3 is 0 Å². The van der Waals surface area contributed by atoms with E-state index in [1.54, 1.807) is 12.1 Å². The fraction of sp³-hybridized carbons (Fsp3) is 0.333. The number of hydrogen-bond acceptors (Lipinski definition) is 7. The minimum atomic E-state index is -4.09. The molecule has 0 saturated carbocycles. The van der Waals surface area contributed by atoms with Gasteiger partial charge in [-0.15, -0.1) is 0 Å². The summed E-state index contributed by atoms with van der Waals surface area (Å²) in [6.07, 6.45) is 0. The van der Waals surface area contributed by atoms with Crippen LogP contribution in [0.25, 0.3) is 0 Å². The van der Waals surface area contributed by atoms with E-state index in [0.29, 0.717) is 36.3 Å². The first-order chi connectivity index (χ1) is 13.7. The number of nitro benzene ring substituents is 1. The Balaban J connectivity index is 1.89. The summed E-state index contributed by atoms with van der Waals surface area (Å²) in [5.74, 6) is -0.310. The van der Waals surface area contributed by atoms with Gasteiger partial charge in [-0.05, 0) is 30.3 Å². The average Bonchev–Trinajstić information content (AvgIpc) is 2.73. The van der Waals surface area contributed by atoms with Crippen LogP contribution in [-0.4, -0.2) is 58.1 Å². The Labute approximate surface area is 168 Å². The predicted molar refractivity (Wildman–Crippen MR) is 106 cm³/mol. The molecule has 0 radical (unpaired) electrons. The molecule has 0 atom stereocenters. The first-order valence-corrected chi connectivity index (χ1v) is 10.2. The highest BCUT2D eigenvalue weighted by atomic mass is 32.2. The summed E-state index contributed by atoms with van der Waals surface area (Å²) in [5, 5.41) is 11.1. The number of non-ortho nitro benzene ring substituents is 1. The summed E-state index contributed by atoms with van der Waals surface area (Å²) in [5.41, 5.74) is 0.932. The highest BCUT2D eigenvalue weighted by molar-refractivity contribution is 7.89. The van der Waals surface area contributed by atoms with E-state index >= 15 is 0 Å². The number of hydroxylamine groups is 1. The molecule has 0 amide bonds. The number of sulfonamides is 1. The lowest BCUT2D eigenvalue weighted by molar-refractivity contribution is -0.385. The van der Waals surface area contributed by atoms with Gasteiger partial charge in [0, 0.05) is 51.0 Å². The number of rotatable bonds is 6. The van der Waals surface area contributed by atoms with E-state index in [-0.39, 0.29) is 16.4 Å². The summed E-state index contributed by atoms with van der Waals surface area (Å²) < 4.78 is 39.5. The molecule has 29 heavy (non-hydrogen) atoms. The zero-order valence-corrected chi connectivity index (χ0v) is 16.8. The smallest absolute Gasteiger partial charge is 0.270 e. The molecule has 1 aliphatic heterocycles. The van der Waals surface area contributed by atoms with Crippen LogP contribution in [0.3, 0.4) is 0 Å². The molecular formula is C18H21FN4O5S. The van der Waals surface area contributed by atoms with Gasteiger partial charge < -0.3 is 9.80 Å². The lowest BCUT2D eigenvalue weighted by atomic mass is 10.2. The third-order valence-corrected chi connectivity index (χ3v) is 6.55. The fourth-order valence-electron chi connectivity index (χ4n) is 3.18.